The fraction of sp³-hybridized carbons (Fsp3) is 0.444. The highest BCUT2D eigenvalue weighted by atomic mass is 16.5. The normalized spacial score (nSPS) is 14.2. The van der Waals surface area contributed by atoms with Crippen molar-refractivity contribution in [3.8, 4) is 0 Å². The first-order valence-electron chi connectivity index (χ1n) is 8.04. The third-order valence-corrected chi connectivity index (χ3v) is 3.57. The van der Waals surface area contributed by atoms with Crippen LogP contribution in [0.4, 0.5) is 0 Å². The van der Waals surface area contributed by atoms with E-state index >= 15 is 0 Å². The average molecular weight is 351 g/mol. The van der Waals surface area contributed by atoms with Crippen LogP contribution >= 0.6 is 0 Å². The van der Waals surface area contributed by atoms with Gasteiger partial charge in [0.25, 0.3) is 0 Å². The van der Waals surface area contributed by atoms with Crippen molar-refractivity contribution in [2.45, 2.75) is 38.0 Å². The fourth-order valence-corrected chi connectivity index (χ4v) is 2.28. The van der Waals surface area contributed by atoms with Crippen molar-refractivity contribution >= 4 is 11.9 Å². The molecule has 1 amide bonds. The van der Waals surface area contributed by atoms with Gasteiger partial charge in [-0.3, -0.25) is 4.79 Å². The molecule has 0 heterocycles. The molecule has 25 heavy (non-hydrogen) atoms. The molecule has 0 aromatic heterocycles. The summed E-state index contributed by atoms with van der Waals surface area (Å²) in [6.07, 6.45) is -2.84. The van der Waals surface area contributed by atoms with Gasteiger partial charge in [-0.2, -0.15) is 0 Å². The summed E-state index contributed by atoms with van der Waals surface area (Å²) < 4.78 is 4.78. The van der Waals surface area contributed by atoms with Crippen LogP contribution in [-0.2, 0) is 20.7 Å². The van der Waals surface area contributed by atoms with E-state index in [0.29, 0.717) is 0 Å². The molecule has 0 radical (unpaired) electrons. The lowest BCUT2D eigenvalue weighted by Crippen LogP contribution is -2.52. The Morgan fingerprint density at radius 1 is 1.20 bits per heavy atom. The first-order valence-corrected chi connectivity index (χ1v) is 8.04. The molecule has 0 saturated carbocycles. The summed E-state index contributed by atoms with van der Waals surface area (Å²) >= 11 is 0. The number of carbonyl (C=O) groups is 2. The molecule has 0 bridgehead atoms. The van der Waals surface area contributed by atoms with Gasteiger partial charge in [-0.15, -0.1) is 0 Å². The predicted octanol–water partition coefficient (Wildman–Crippen LogP) is -0.0626. The maximum atomic E-state index is 12.1. The van der Waals surface area contributed by atoms with Gasteiger partial charge >= 0.3 is 5.97 Å². The second-order valence-corrected chi connectivity index (χ2v) is 5.60. The minimum atomic E-state index is -1.38. The molecule has 3 atom stereocenters. The third-order valence-electron chi connectivity index (χ3n) is 3.57. The van der Waals surface area contributed by atoms with Gasteiger partial charge in [0.15, 0.2) is 0 Å². The third kappa shape index (κ3) is 7.04. The monoisotopic (exact) mass is 351 g/mol. The van der Waals surface area contributed by atoms with E-state index in [9.17, 15) is 19.8 Å². The molecule has 1 aromatic carbocycles. The van der Waals surface area contributed by atoms with Crippen molar-refractivity contribution in [3.05, 3.63) is 48.0 Å². The van der Waals surface area contributed by atoms with Gasteiger partial charge in [-0.25, -0.2) is 4.79 Å². The Labute approximate surface area is 146 Å². The zero-order valence-corrected chi connectivity index (χ0v) is 14.2. The summed E-state index contributed by atoms with van der Waals surface area (Å²) in [5.41, 5.74) is 0.782. The zero-order valence-electron chi connectivity index (χ0n) is 14.2. The van der Waals surface area contributed by atoms with Gasteiger partial charge in [0.1, 0.15) is 0 Å². The lowest BCUT2D eigenvalue weighted by atomic mass is 9.98. The topological polar surface area (TPSA) is 116 Å². The molecule has 0 fully saturated rings. The fourth-order valence-electron chi connectivity index (χ4n) is 2.28. The number of benzene rings is 1. The van der Waals surface area contributed by atoms with Crippen LogP contribution in [0.1, 0.15) is 18.9 Å². The number of amides is 1. The SMILES string of the molecule is C=C(C[C@H](O)[C@@H](NC(=O)Cc1ccccc1)[C@@H](O)CO)C(=O)OCC. The van der Waals surface area contributed by atoms with Gasteiger partial charge < -0.3 is 25.4 Å². The minimum absolute atomic E-state index is 0.0156. The molecule has 4 N–H and O–H groups in total. The number of hydrogen-bond donors (Lipinski definition) is 4. The number of ether oxygens (including phenoxy) is 1. The van der Waals surface area contributed by atoms with E-state index in [1.807, 2.05) is 6.07 Å². The largest absolute Gasteiger partial charge is 0.463 e. The second kappa shape index (κ2) is 10.6. The van der Waals surface area contributed by atoms with Gasteiger partial charge in [-0.05, 0) is 12.5 Å². The Morgan fingerprint density at radius 2 is 1.84 bits per heavy atom. The molecule has 7 heteroatoms. The lowest BCUT2D eigenvalue weighted by Gasteiger charge is -2.28. The number of aliphatic hydroxyl groups is 3. The molecule has 0 aliphatic heterocycles. The Hall–Kier alpha value is -2.22. The summed E-state index contributed by atoms with van der Waals surface area (Å²) in [4.78, 5) is 23.7. The van der Waals surface area contributed by atoms with Crippen molar-refractivity contribution < 1.29 is 29.6 Å². The molecule has 7 nitrogen and oxygen atoms in total. The number of rotatable bonds is 10. The van der Waals surface area contributed by atoms with Crippen molar-refractivity contribution in [2.75, 3.05) is 13.2 Å². The molecule has 0 aliphatic carbocycles. The highest BCUT2D eigenvalue weighted by molar-refractivity contribution is 5.87. The summed E-state index contributed by atoms with van der Waals surface area (Å²) in [6.45, 7) is 4.70. The number of esters is 1. The second-order valence-electron chi connectivity index (χ2n) is 5.60. The van der Waals surface area contributed by atoms with Gasteiger partial charge in [0, 0.05) is 12.0 Å². The van der Waals surface area contributed by atoms with E-state index in [0.717, 1.165) is 5.56 Å². The lowest BCUT2D eigenvalue weighted by molar-refractivity contribution is -0.139. The smallest absolute Gasteiger partial charge is 0.333 e. The number of carbonyl (C=O) groups excluding carboxylic acids is 2. The van der Waals surface area contributed by atoms with Gasteiger partial charge in [-0.1, -0.05) is 36.9 Å². The maximum Gasteiger partial charge on any atom is 0.333 e. The number of hydrogen-bond acceptors (Lipinski definition) is 6. The summed E-state index contributed by atoms with van der Waals surface area (Å²) in [5.74, 6) is -1.08. The maximum absolute atomic E-state index is 12.1. The van der Waals surface area contributed by atoms with Crippen LogP contribution in [0.15, 0.2) is 42.5 Å². The van der Waals surface area contributed by atoms with E-state index in [1.165, 1.54) is 0 Å². The number of nitrogens with one attached hydrogen (secondary N) is 1. The average Bonchev–Trinajstić information content (AvgIpc) is 2.59. The first kappa shape index (κ1) is 20.8. The number of aliphatic hydroxyl groups excluding tert-OH is 3. The van der Waals surface area contributed by atoms with E-state index in [2.05, 4.69) is 11.9 Å². The van der Waals surface area contributed by atoms with Crippen LogP contribution in [0, 0.1) is 0 Å². The molecular formula is C18H25NO6. The van der Waals surface area contributed by atoms with Crippen LogP contribution in [0.2, 0.25) is 0 Å². The standard InChI is InChI=1S/C18H25NO6/c1-3-25-18(24)12(2)9-14(21)17(15(22)11-20)19-16(23)10-13-7-5-4-6-8-13/h4-8,14-15,17,20-22H,2-3,9-11H2,1H3,(H,19,23)/t14-,15-,17+/m0/s1. The van der Waals surface area contributed by atoms with E-state index < -0.39 is 36.7 Å². The Morgan fingerprint density at radius 3 is 2.40 bits per heavy atom. The molecule has 0 unspecified atom stereocenters. The summed E-state index contributed by atoms with van der Waals surface area (Å²) in [5, 5.41) is 31.8. The van der Waals surface area contributed by atoms with Crippen LogP contribution in [0.3, 0.4) is 0 Å². The molecule has 138 valence electrons. The van der Waals surface area contributed by atoms with E-state index in [1.54, 1.807) is 31.2 Å². The molecule has 1 rings (SSSR count). The summed E-state index contributed by atoms with van der Waals surface area (Å²) in [7, 11) is 0. The van der Waals surface area contributed by atoms with E-state index in [-0.39, 0.29) is 25.0 Å². The predicted molar refractivity (Wildman–Crippen MR) is 91.6 cm³/mol. The quantitative estimate of drug-likeness (QED) is 0.347. The Balaban J connectivity index is 2.71. The van der Waals surface area contributed by atoms with Crippen molar-refractivity contribution in [3.63, 3.8) is 0 Å². The molecule has 0 saturated heterocycles. The Kier molecular flexibility index (Phi) is 8.83. The minimum Gasteiger partial charge on any atom is -0.463 e. The van der Waals surface area contributed by atoms with Gasteiger partial charge in [0.05, 0.1) is 37.9 Å². The molecule has 0 aliphatic rings. The molecular weight excluding hydrogens is 326 g/mol. The van der Waals surface area contributed by atoms with Crippen molar-refractivity contribution in [1.29, 1.82) is 0 Å². The van der Waals surface area contributed by atoms with Crippen LogP contribution in [-0.4, -0.2) is 58.7 Å². The molecule has 0 spiro atoms. The van der Waals surface area contributed by atoms with Crippen molar-refractivity contribution in [2.24, 2.45) is 0 Å². The van der Waals surface area contributed by atoms with Crippen LogP contribution in [0.5, 0.6) is 0 Å². The highest BCUT2D eigenvalue weighted by Crippen LogP contribution is 2.12. The van der Waals surface area contributed by atoms with E-state index in [4.69, 9.17) is 9.84 Å². The Bertz CT molecular complexity index is 574. The van der Waals surface area contributed by atoms with Crippen LogP contribution in [0.25, 0.3) is 0 Å². The van der Waals surface area contributed by atoms with Gasteiger partial charge in [0.2, 0.25) is 5.91 Å². The summed E-state index contributed by atoms with van der Waals surface area (Å²) in [6, 6.07) is 7.81. The zero-order chi connectivity index (χ0) is 18.8. The van der Waals surface area contributed by atoms with Crippen molar-refractivity contribution in [1.82, 2.24) is 5.32 Å². The molecule has 1 aromatic rings. The first-order chi connectivity index (χ1) is 11.9. The highest BCUT2D eigenvalue weighted by Gasteiger charge is 2.29. The van der Waals surface area contributed by atoms with Crippen LogP contribution < -0.4 is 5.32 Å².